The van der Waals surface area contributed by atoms with E-state index in [0.29, 0.717) is 12.8 Å². The van der Waals surface area contributed by atoms with Crippen LogP contribution in [0.3, 0.4) is 0 Å². The topological polar surface area (TPSA) is 61.5 Å². The average Bonchev–Trinajstić information content (AvgIpc) is 2.81. The van der Waals surface area contributed by atoms with Gasteiger partial charge in [-0.3, -0.25) is 0 Å². The quantitative estimate of drug-likeness (QED) is 0.786. The molecule has 0 aliphatic heterocycles. The molecule has 0 unspecified atom stereocenters. The van der Waals surface area contributed by atoms with Gasteiger partial charge in [0, 0.05) is 33.4 Å². The molecule has 0 atom stereocenters. The Morgan fingerprint density at radius 3 is 2.47 bits per heavy atom. The molecule has 0 radical (unpaired) electrons. The van der Waals surface area contributed by atoms with Crippen molar-refractivity contribution < 1.29 is 10.2 Å². The Morgan fingerprint density at radius 2 is 1.84 bits per heavy atom. The van der Waals surface area contributed by atoms with E-state index in [9.17, 15) is 0 Å². The van der Waals surface area contributed by atoms with E-state index in [0.717, 1.165) is 29.8 Å². The van der Waals surface area contributed by atoms with Gasteiger partial charge in [0.1, 0.15) is 5.52 Å². The molecule has 104 valence electrons. The van der Waals surface area contributed by atoms with Crippen LogP contribution in [0.5, 0.6) is 0 Å². The first-order valence-electron chi connectivity index (χ1n) is 6.64. The van der Waals surface area contributed by atoms with E-state index in [4.69, 9.17) is 10.2 Å². The second kappa shape index (κ2) is 6.54. The fourth-order valence-corrected chi connectivity index (χ4v) is 2.27. The van der Waals surface area contributed by atoms with Crippen LogP contribution < -0.4 is 4.90 Å². The van der Waals surface area contributed by atoms with Crippen LogP contribution in [-0.2, 0) is 7.05 Å². The zero-order valence-electron chi connectivity index (χ0n) is 11.3. The van der Waals surface area contributed by atoms with Crippen molar-refractivity contribution in [3.05, 3.63) is 24.5 Å². The van der Waals surface area contributed by atoms with Gasteiger partial charge in [-0.05, 0) is 25.0 Å². The number of anilines is 1. The monoisotopic (exact) mass is 263 g/mol. The van der Waals surface area contributed by atoms with E-state index < -0.39 is 0 Å². The molecule has 1 aromatic heterocycles. The lowest BCUT2D eigenvalue weighted by Crippen LogP contribution is -2.27. The number of aliphatic hydroxyl groups is 2. The molecule has 0 bridgehead atoms. The molecule has 19 heavy (non-hydrogen) atoms. The third-order valence-corrected chi connectivity index (χ3v) is 3.25. The zero-order chi connectivity index (χ0) is 13.7. The summed E-state index contributed by atoms with van der Waals surface area (Å²) in [4.78, 5) is 6.63. The van der Waals surface area contributed by atoms with Crippen LogP contribution in [-0.4, -0.2) is 46.1 Å². The van der Waals surface area contributed by atoms with Gasteiger partial charge < -0.3 is 19.7 Å². The Labute approximate surface area is 113 Å². The first-order chi connectivity index (χ1) is 9.27. The Hall–Kier alpha value is -1.59. The summed E-state index contributed by atoms with van der Waals surface area (Å²) in [5.41, 5.74) is 3.14. The van der Waals surface area contributed by atoms with Crippen LogP contribution in [0.2, 0.25) is 0 Å². The molecule has 0 amide bonds. The van der Waals surface area contributed by atoms with Crippen LogP contribution in [0.25, 0.3) is 11.0 Å². The van der Waals surface area contributed by atoms with Gasteiger partial charge in [0.15, 0.2) is 0 Å². The lowest BCUT2D eigenvalue weighted by Gasteiger charge is -2.24. The molecule has 0 saturated heterocycles. The SMILES string of the molecule is Cn1cnc2c(N(CCCO)CCCO)cccc21. The summed E-state index contributed by atoms with van der Waals surface area (Å²) in [5, 5.41) is 18.0. The molecule has 1 heterocycles. The largest absolute Gasteiger partial charge is 0.396 e. The van der Waals surface area contributed by atoms with Crippen molar-refractivity contribution in [3.8, 4) is 0 Å². The van der Waals surface area contributed by atoms with Crippen LogP contribution in [0.15, 0.2) is 24.5 Å². The van der Waals surface area contributed by atoms with Crippen molar-refractivity contribution in [1.82, 2.24) is 9.55 Å². The second-order valence-corrected chi connectivity index (χ2v) is 4.64. The molecule has 2 aromatic rings. The lowest BCUT2D eigenvalue weighted by atomic mass is 10.2. The number of para-hydroxylation sites is 1. The molecule has 0 saturated carbocycles. The highest BCUT2D eigenvalue weighted by molar-refractivity contribution is 5.88. The number of aromatic nitrogens is 2. The van der Waals surface area contributed by atoms with E-state index in [1.807, 2.05) is 36.1 Å². The number of benzene rings is 1. The molecule has 0 aliphatic rings. The van der Waals surface area contributed by atoms with Crippen molar-refractivity contribution in [2.45, 2.75) is 12.8 Å². The number of aliphatic hydroxyl groups excluding tert-OH is 2. The predicted molar refractivity (Wildman–Crippen MR) is 76.3 cm³/mol. The van der Waals surface area contributed by atoms with Crippen LogP contribution in [0, 0.1) is 0 Å². The van der Waals surface area contributed by atoms with Gasteiger partial charge in [-0.1, -0.05) is 6.07 Å². The van der Waals surface area contributed by atoms with Crippen molar-refractivity contribution in [1.29, 1.82) is 0 Å². The molecule has 2 N–H and O–H groups in total. The molecular weight excluding hydrogens is 242 g/mol. The van der Waals surface area contributed by atoms with Gasteiger partial charge in [-0.25, -0.2) is 4.98 Å². The number of hydrogen-bond acceptors (Lipinski definition) is 4. The highest BCUT2D eigenvalue weighted by atomic mass is 16.3. The first kappa shape index (κ1) is 13.8. The second-order valence-electron chi connectivity index (χ2n) is 4.64. The highest BCUT2D eigenvalue weighted by Gasteiger charge is 2.12. The van der Waals surface area contributed by atoms with Gasteiger partial charge >= 0.3 is 0 Å². The minimum Gasteiger partial charge on any atom is -0.396 e. The predicted octanol–water partition coefficient (Wildman–Crippen LogP) is 1.14. The normalized spacial score (nSPS) is 11.1. The molecule has 2 rings (SSSR count). The number of aryl methyl sites for hydroxylation is 1. The summed E-state index contributed by atoms with van der Waals surface area (Å²) in [7, 11) is 1.98. The number of rotatable bonds is 7. The summed E-state index contributed by atoms with van der Waals surface area (Å²) < 4.78 is 2.00. The van der Waals surface area contributed by atoms with Gasteiger partial charge in [-0.2, -0.15) is 0 Å². The third kappa shape index (κ3) is 3.05. The van der Waals surface area contributed by atoms with Crippen molar-refractivity contribution >= 4 is 16.7 Å². The summed E-state index contributed by atoms with van der Waals surface area (Å²) in [5.74, 6) is 0. The lowest BCUT2D eigenvalue weighted by molar-refractivity contribution is 0.282. The maximum Gasteiger partial charge on any atom is 0.112 e. The summed E-state index contributed by atoms with van der Waals surface area (Å²) >= 11 is 0. The van der Waals surface area contributed by atoms with E-state index in [-0.39, 0.29) is 13.2 Å². The van der Waals surface area contributed by atoms with Gasteiger partial charge in [-0.15, -0.1) is 0 Å². The smallest absolute Gasteiger partial charge is 0.112 e. The number of fused-ring (bicyclic) bond motifs is 1. The number of nitrogens with zero attached hydrogens (tertiary/aromatic N) is 3. The van der Waals surface area contributed by atoms with Crippen LogP contribution in [0.1, 0.15) is 12.8 Å². The van der Waals surface area contributed by atoms with Crippen molar-refractivity contribution in [3.63, 3.8) is 0 Å². The van der Waals surface area contributed by atoms with E-state index >= 15 is 0 Å². The van der Waals surface area contributed by atoms with Crippen molar-refractivity contribution in [2.75, 3.05) is 31.2 Å². The fraction of sp³-hybridized carbons (Fsp3) is 0.500. The molecule has 0 fully saturated rings. The standard InChI is InChI=1S/C14H21N3O2/c1-16-11-15-14-12(16)5-2-6-13(14)17(7-3-9-18)8-4-10-19/h2,5-6,11,18-19H,3-4,7-10H2,1H3. The maximum atomic E-state index is 9.01. The fourth-order valence-electron chi connectivity index (χ4n) is 2.27. The van der Waals surface area contributed by atoms with E-state index in [2.05, 4.69) is 9.88 Å². The van der Waals surface area contributed by atoms with Gasteiger partial charge in [0.05, 0.1) is 17.5 Å². The first-order valence-corrected chi connectivity index (χ1v) is 6.64. The molecule has 5 nitrogen and oxygen atoms in total. The van der Waals surface area contributed by atoms with Gasteiger partial charge in [0.2, 0.25) is 0 Å². The molecule has 5 heteroatoms. The Kier molecular flexibility index (Phi) is 4.76. The molecule has 1 aromatic carbocycles. The average molecular weight is 263 g/mol. The zero-order valence-corrected chi connectivity index (χ0v) is 11.3. The van der Waals surface area contributed by atoms with E-state index in [1.54, 1.807) is 0 Å². The van der Waals surface area contributed by atoms with Crippen LogP contribution in [0.4, 0.5) is 5.69 Å². The summed E-state index contributed by atoms with van der Waals surface area (Å²) in [6, 6.07) is 6.11. The number of hydrogen-bond donors (Lipinski definition) is 2. The molecular formula is C14H21N3O2. The Bertz CT molecular complexity index is 516. The van der Waals surface area contributed by atoms with Crippen LogP contribution >= 0.6 is 0 Å². The molecule has 0 spiro atoms. The summed E-state index contributed by atoms with van der Waals surface area (Å²) in [6.45, 7) is 1.89. The minimum absolute atomic E-state index is 0.174. The Balaban J connectivity index is 2.31. The highest BCUT2D eigenvalue weighted by Crippen LogP contribution is 2.25. The van der Waals surface area contributed by atoms with Gasteiger partial charge in [0.25, 0.3) is 0 Å². The Morgan fingerprint density at radius 1 is 1.16 bits per heavy atom. The van der Waals surface area contributed by atoms with Crippen molar-refractivity contribution in [2.24, 2.45) is 7.05 Å². The van der Waals surface area contributed by atoms with E-state index in [1.165, 1.54) is 0 Å². The maximum absolute atomic E-state index is 9.01. The third-order valence-electron chi connectivity index (χ3n) is 3.25. The minimum atomic E-state index is 0.174. The summed E-state index contributed by atoms with van der Waals surface area (Å²) in [6.07, 6.45) is 3.24. The molecule has 0 aliphatic carbocycles. The number of imidazole rings is 1.